The lowest BCUT2D eigenvalue weighted by Gasteiger charge is -2.24. The lowest BCUT2D eigenvalue weighted by molar-refractivity contribution is -0.133. The summed E-state index contributed by atoms with van der Waals surface area (Å²) in [5.41, 5.74) is 0. The summed E-state index contributed by atoms with van der Waals surface area (Å²) in [5.74, 6) is 2.18. The van der Waals surface area contributed by atoms with Crippen LogP contribution in [0.1, 0.15) is 49.8 Å². The molecule has 1 atom stereocenters. The number of nitrogens with zero attached hydrogens (tertiary/aromatic N) is 6. The number of hydrogen-bond acceptors (Lipinski definition) is 4. The van der Waals surface area contributed by atoms with Gasteiger partial charge < -0.3 is 9.47 Å². The summed E-state index contributed by atoms with van der Waals surface area (Å²) in [5, 5.41) is 13.0. The lowest BCUT2D eigenvalue weighted by atomic mass is 10.2. The Labute approximate surface area is 135 Å². The average Bonchev–Trinajstić information content (AvgIpc) is 3.26. The highest BCUT2D eigenvalue weighted by Gasteiger charge is 2.34. The first-order valence-electron chi connectivity index (χ1n) is 8.52. The summed E-state index contributed by atoms with van der Waals surface area (Å²) in [6.45, 7) is 2.08. The molecule has 122 valence electrons. The number of fused-ring (bicyclic) bond motifs is 1. The van der Waals surface area contributed by atoms with Gasteiger partial charge in [0.05, 0.1) is 6.04 Å². The van der Waals surface area contributed by atoms with Crippen molar-refractivity contribution in [1.82, 2.24) is 29.4 Å². The van der Waals surface area contributed by atoms with Gasteiger partial charge in [-0.3, -0.25) is 9.48 Å². The second-order valence-electron chi connectivity index (χ2n) is 6.39. The quantitative estimate of drug-likeness (QED) is 0.862. The van der Waals surface area contributed by atoms with E-state index in [1.807, 2.05) is 17.2 Å². The molecule has 4 rings (SSSR count). The summed E-state index contributed by atoms with van der Waals surface area (Å²) in [6.07, 6.45) is 10.1. The van der Waals surface area contributed by atoms with Crippen LogP contribution in [0, 0.1) is 0 Å². The van der Waals surface area contributed by atoms with Crippen LogP contribution < -0.4 is 0 Å². The fourth-order valence-electron chi connectivity index (χ4n) is 3.71. The van der Waals surface area contributed by atoms with E-state index < -0.39 is 0 Å². The van der Waals surface area contributed by atoms with Crippen LogP contribution in [0.15, 0.2) is 18.5 Å². The summed E-state index contributed by atoms with van der Waals surface area (Å²) in [7, 11) is 0. The second kappa shape index (κ2) is 6.14. The van der Waals surface area contributed by atoms with E-state index in [4.69, 9.17) is 0 Å². The van der Waals surface area contributed by atoms with Gasteiger partial charge in [-0.2, -0.15) is 5.10 Å². The van der Waals surface area contributed by atoms with Gasteiger partial charge in [0.1, 0.15) is 12.4 Å². The molecule has 1 fully saturated rings. The predicted molar refractivity (Wildman–Crippen MR) is 83.5 cm³/mol. The molecule has 7 heteroatoms. The minimum Gasteiger partial charge on any atom is -0.331 e. The maximum Gasteiger partial charge on any atom is 0.244 e. The van der Waals surface area contributed by atoms with Crippen LogP contribution in [0.3, 0.4) is 0 Å². The van der Waals surface area contributed by atoms with Gasteiger partial charge >= 0.3 is 0 Å². The predicted octanol–water partition coefficient (Wildman–Crippen LogP) is 1.56. The molecule has 0 radical (unpaired) electrons. The van der Waals surface area contributed by atoms with Crippen LogP contribution >= 0.6 is 0 Å². The molecule has 0 aromatic carbocycles. The molecule has 0 bridgehead atoms. The van der Waals surface area contributed by atoms with E-state index >= 15 is 0 Å². The number of carbonyl (C=O) groups excluding carboxylic acids is 1. The molecule has 0 unspecified atom stereocenters. The first-order chi connectivity index (χ1) is 11.3. The number of aryl methyl sites for hydroxylation is 1. The zero-order chi connectivity index (χ0) is 15.6. The third-order valence-electron chi connectivity index (χ3n) is 4.87. The molecule has 2 aromatic rings. The Morgan fingerprint density at radius 3 is 3.00 bits per heavy atom. The maximum absolute atomic E-state index is 12.7. The number of likely N-dealkylation sites (tertiary alicyclic amines) is 1. The Morgan fingerprint density at radius 1 is 1.17 bits per heavy atom. The van der Waals surface area contributed by atoms with Crippen LogP contribution in [-0.2, 0) is 24.3 Å². The van der Waals surface area contributed by atoms with Gasteiger partial charge in [0.15, 0.2) is 5.82 Å². The number of aromatic nitrogens is 5. The highest BCUT2D eigenvalue weighted by molar-refractivity contribution is 5.76. The molecule has 0 saturated carbocycles. The molecule has 1 amide bonds. The smallest absolute Gasteiger partial charge is 0.244 e. The minimum atomic E-state index is 0.0670. The average molecular weight is 314 g/mol. The molecule has 2 aliphatic rings. The first-order valence-corrected chi connectivity index (χ1v) is 8.52. The van der Waals surface area contributed by atoms with Gasteiger partial charge in [-0.1, -0.05) is 6.42 Å². The van der Waals surface area contributed by atoms with Crippen molar-refractivity contribution in [2.24, 2.45) is 0 Å². The van der Waals surface area contributed by atoms with Gasteiger partial charge in [-0.15, -0.1) is 10.2 Å². The fourth-order valence-corrected chi connectivity index (χ4v) is 3.71. The second-order valence-corrected chi connectivity index (χ2v) is 6.39. The summed E-state index contributed by atoms with van der Waals surface area (Å²) >= 11 is 0. The van der Waals surface area contributed by atoms with Crippen molar-refractivity contribution in [3.8, 4) is 0 Å². The Kier molecular flexibility index (Phi) is 3.85. The molecular weight excluding hydrogens is 292 g/mol. The molecule has 7 nitrogen and oxygen atoms in total. The van der Waals surface area contributed by atoms with Crippen molar-refractivity contribution < 1.29 is 4.79 Å². The Bertz CT molecular complexity index is 677. The highest BCUT2D eigenvalue weighted by atomic mass is 16.2. The summed E-state index contributed by atoms with van der Waals surface area (Å²) in [4.78, 5) is 14.6. The standard InChI is InChI=1S/C16H22N6O/c23-15(12-20-9-5-8-17-20)21-11-4-6-13(21)16-19-18-14-7-2-1-3-10-22(14)16/h5,8-9,13H,1-4,6-7,10-12H2/t13-/m0/s1. The van der Waals surface area contributed by atoms with E-state index in [9.17, 15) is 4.79 Å². The molecule has 1 saturated heterocycles. The number of hydrogen-bond donors (Lipinski definition) is 0. The van der Waals surface area contributed by atoms with Gasteiger partial charge in [0, 0.05) is 31.9 Å². The van der Waals surface area contributed by atoms with E-state index in [2.05, 4.69) is 19.9 Å². The van der Waals surface area contributed by atoms with E-state index in [0.717, 1.165) is 44.0 Å². The molecular formula is C16H22N6O. The third kappa shape index (κ3) is 2.75. The van der Waals surface area contributed by atoms with E-state index in [1.165, 1.54) is 19.3 Å². The molecule has 0 spiro atoms. The molecule has 0 N–H and O–H groups in total. The van der Waals surface area contributed by atoms with Crippen molar-refractivity contribution in [3.05, 3.63) is 30.1 Å². The highest BCUT2D eigenvalue weighted by Crippen LogP contribution is 2.32. The molecule has 0 aliphatic carbocycles. The largest absolute Gasteiger partial charge is 0.331 e. The lowest BCUT2D eigenvalue weighted by Crippen LogP contribution is -2.34. The number of amides is 1. The van der Waals surface area contributed by atoms with Crippen LogP contribution in [-0.4, -0.2) is 41.9 Å². The summed E-state index contributed by atoms with van der Waals surface area (Å²) in [6, 6.07) is 1.91. The van der Waals surface area contributed by atoms with Crippen molar-refractivity contribution in [1.29, 1.82) is 0 Å². The van der Waals surface area contributed by atoms with Crippen LogP contribution in [0.2, 0.25) is 0 Å². The van der Waals surface area contributed by atoms with Gasteiger partial charge in [0.2, 0.25) is 5.91 Å². The normalized spacial score (nSPS) is 21.2. The molecule has 23 heavy (non-hydrogen) atoms. The zero-order valence-corrected chi connectivity index (χ0v) is 13.3. The van der Waals surface area contributed by atoms with E-state index in [1.54, 1.807) is 10.9 Å². The van der Waals surface area contributed by atoms with Gasteiger partial charge in [-0.25, -0.2) is 0 Å². The summed E-state index contributed by atoms with van der Waals surface area (Å²) < 4.78 is 3.94. The number of rotatable bonds is 3. The zero-order valence-electron chi connectivity index (χ0n) is 13.3. The molecule has 2 aliphatic heterocycles. The maximum atomic E-state index is 12.7. The Morgan fingerprint density at radius 2 is 2.13 bits per heavy atom. The Balaban J connectivity index is 1.56. The van der Waals surface area contributed by atoms with Gasteiger partial charge in [-0.05, 0) is 31.7 Å². The van der Waals surface area contributed by atoms with Crippen LogP contribution in [0.5, 0.6) is 0 Å². The van der Waals surface area contributed by atoms with Crippen molar-refractivity contribution >= 4 is 5.91 Å². The SMILES string of the molecule is O=C(Cn1cccn1)N1CCC[C@H]1c1nnc2n1CCCCC2. The Hall–Kier alpha value is -2.18. The van der Waals surface area contributed by atoms with Crippen molar-refractivity contribution in [2.45, 2.75) is 57.7 Å². The van der Waals surface area contributed by atoms with Crippen molar-refractivity contribution in [3.63, 3.8) is 0 Å². The van der Waals surface area contributed by atoms with Crippen molar-refractivity contribution in [2.75, 3.05) is 6.54 Å². The monoisotopic (exact) mass is 314 g/mol. The van der Waals surface area contributed by atoms with Gasteiger partial charge in [0.25, 0.3) is 0 Å². The molecule has 2 aromatic heterocycles. The minimum absolute atomic E-state index is 0.0670. The van der Waals surface area contributed by atoms with Crippen LogP contribution in [0.4, 0.5) is 0 Å². The third-order valence-corrected chi connectivity index (χ3v) is 4.87. The fraction of sp³-hybridized carbons (Fsp3) is 0.625. The van der Waals surface area contributed by atoms with E-state index in [-0.39, 0.29) is 11.9 Å². The van der Waals surface area contributed by atoms with E-state index in [0.29, 0.717) is 6.54 Å². The number of carbonyl (C=O) groups is 1. The topological polar surface area (TPSA) is 68.8 Å². The molecule has 4 heterocycles. The van der Waals surface area contributed by atoms with Crippen LogP contribution in [0.25, 0.3) is 0 Å². The first kappa shape index (κ1) is 14.4.